The zero-order valence-electron chi connectivity index (χ0n) is 16.1. The number of rotatable bonds is 8. The molecule has 0 saturated heterocycles. The van der Waals surface area contributed by atoms with Gasteiger partial charge in [-0.15, -0.1) is 0 Å². The Labute approximate surface area is 159 Å². The third-order valence-electron chi connectivity index (χ3n) is 4.25. The minimum absolute atomic E-state index is 0.153. The highest BCUT2D eigenvalue weighted by molar-refractivity contribution is 5.79. The van der Waals surface area contributed by atoms with Gasteiger partial charge >= 0.3 is 0 Å². The summed E-state index contributed by atoms with van der Waals surface area (Å²) in [4.78, 5) is 24.1. The number of hydrogen-bond acceptors (Lipinski definition) is 4. The minimum atomic E-state index is -0.374. The van der Waals surface area contributed by atoms with Crippen molar-refractivity contribution in [1.82, 2.24) is 10.6 Å². The topological polar surface area (TPSA) is 76.7 Å². The van der Waals surface area contributed by atoms with Crippen molar-refractivity contribution in [3.63, 3.8) is 0 Å². The van der Waals surface area contributed by atoms with Crippen LogP contribution in [0.25, 0.3) is 0 Å². The van der Waals surface area contributed by atoms with Gasteiger partial charge in [-0.05, 0) is 30.2 Å². The van der Waals surface area contributed by atoms with Crippen LogP contribution in [0.5, 0.6) is 11.5 Å². The van der Waals surface area contributed by atoms with Crippen LogP contribution in [0.15, 0.2) is 48.5 Å². The summed E-state index contributed by atoms with van der Waals surface area (Å²) in [6.45, 7) is 3.34. The molecule has 144 valence electrons. The van der Waals surface area contributed by atoms with Gasteiger partial charge < -0.3 is 20.1 Å². The summed E-state index contributed by atoms with van der Waals surface area (Å²) in [6.07, 6.45) is 0.154. The average Bonchev–Trinajstić information content (AvgIpc) is 2.67. The van der Waals surface area contributed by atoms with E-state index >= 15 is 0 Å². The Kier molecular flexibility index (Phi) is 7.23. The number of methoxy groups -OCH3 is 2. The first-order valence-electron chi connectivity index (χ1n) is 8.78. The highest BCUT2D eigenvalue weighted by atomic mass is 16.5. The van der Waals surface area contributed by atoms with Crippen molar-refractivity contribution >= 4 is 11.8 Å². The number of hydrogen-bond donors (Lipinski definition) is 2. The summed E-state index contributed by atoms with van der Waals surface area (Å²) in [7, 11) is 3.15. The molecule has 6 nitrogen and oxygen atoms in total. The molecule has 2 amide bonds. The van der Waals surface area contributed by atoms with E-state index in [-0.39, 0.29) is 30.3 Å². The monoisotopic (exact) mass is 370 g/mol. The van der Waals surface area contributed by atoms with E-state index < -0.39 is 0 Å². The summed E-state index contributed by atoms with van der Waals surface area (Å²) >= 11 is 0. The predicted octanol–water partition coefficient (Wildman–Crippen LogP) is 3.15. The molecule has 0 fully saturated rings. The Hall–Kier alpha value is -3.02. The Morgan fingerprint density at radius 3 is 2.19 bits per heavy atom. The Morgan fingerprint density at radius 1 is 0.926 bits per heavy atom. The van der Waals surface area contributed by atoms with Gasteiger partial charge in [0, 0.05) is 6.92 Å². The first kappa shape index (κ1) is 20.3. The van der Waals surface area contributed by atoms with Crippen molar-refractivity contribution in [3.8, 4) is 11.5 Å². The summed E-state index contributed by atoms with van der Waals surface area (Å²) in [5, 5.41) is 5.81. The standard InChI is InChI=1S/C21H26N2O4/c1-14(17-10-11-19(26-3)20(12-17)27-4)22-21(25)13-18(23-15(2)24)16-8-6-5-7-9-16/h5-12,14,18H,13H2,1-4H3,(H,22,25)(H,23,24). The highest BCUT2D eigenvalue weighted by Gasteiger charge is 2.19. The smallest absolute Gasteiger partial charge is 0.222 e. The van der Waals surface area contributed by atoms with E-state index in [2.05, 4.69) is 10.6 Å². The lowest BCUT2D eigenvalue weighted by Gasteiger charge is -2.21. The van der Waals surface area contributed by atoms with Crippen LogP contribution >= 0.6 is 0 Å². The van der Waals surface area contributed by atoms with E-state index in [9.17, 15) is 9.59 Å². The van der Waals surface area contributed by atoms with Crippen molar-refractivity contribution in [1.29, 1.82) is 0 Å². The van der Waals surface area contributed by atoms with Gasteiger partial charge in [0.15, 0.2) is 11.5 Å². The van der Waals surface area contributed by atoms with Crippen LogP contribution in [0.2, 0.25) is 0 Å². The van der Waals surface area contributed by atoms with Crippen LogP contribution in [-0.2, 0) is 9.59 Å². The molecule has 2 unspecified atom stereocenters. The van der Waals surface area contributed by atoms with Crippen LogP contribution in [-0.4, -0.2) is 26.0 Å². The molecule has 0 heterocycles. The molecule has 2 N–H and O–H groups in total. The maximum Gasteiger partial charge on any atom is 0.222 e. The second kappa shape index (κ2) is 9.62. The van der Waals surface area contributed by atoms with Crippen molar-refractivity contribution in [2.75, 3.05) is 14.2 Å². The minimum Gasteiger partial charge on any atom is -0.493 e. The predicted molar refractivity (Wildman–Crippen MR) is 104 cm³/mol. The molecule has 0 bridgehead atoms. The molecular formula is C21H26N2O4. The average molecular weight is 370 g/mol. The second-order valence-corrected chi connectivity index (χ2v) is 6.27. The summed E-state index contributed by atoms with van der Waals surface area (Å²) in [5.74, 6) is 0.913. The molecule has 0 saturated carbocycles. The molecule has 0 spiro atoms. The number of ether oxygens (including phenoxy) is 2. The quantitative estimate of drug-likeness (QED) is 0.748. The fourth-order valence-electron chi connectivity index (χ4n) is 2.87. The second-order valence-electron chi connectivity index (χ2n) is 6.27. The molecule has 0 aliphatic carbocycles. The van der Waals surface area contributed by atoms with Crippen LogP contribution in [0.1, 0.15) is 43.5 Å². The maximum absolute atomic E-state index is 12.6. The zero-order chi connectivity index (χ0) is 19.8. The molecule has 0 aromatic heterocycles. The van der Waals surface area contributed by atoms with Crippen LogP contribution in [0, 0.1) is 0 Å². The van der Waals surface area contributed by atoms with Crippen LogP contribution in [0.4, 0.5) is 0 Å². The molecular weight excluding hydrogens is 344 g/mol. The number of amides is 2. The molecule has 2 aromatic rings. The third-order valence-corrected chi connectivity index (χ3v) is 4.25. The van der Waals surface area contributed by atoms with Gasteiger partial charge in [-0.3, -0.25) is 9.59 Å². The molecule has 2 aromatic carbocycles. The lowest BCUT2D eigenvalue weighted by atomic mass is 10.0. The molecule has 27 heavy (non-hydrogen) atoms. The SMILES string of the molecule is COc1ccc(C(C)NC(=O)CC(NC(C)=O)c2ccccc2)cc1OC. The van der Waals surface area contributed by atoms with Gasteiger partial charge in [0.2, 0.25) is 11.8 Å². The van der Waals surface area contributed by atoms with Gasteiger partial charge in [-0.25, -0.2) is 0 Å². The van der Waals surface area contributed by atoms with E-state index in [0.717, 1.165) is 11.1 Å². The number of carbonyl (C=O) groups excluding carboxylic acids is 2. The van der Waals surface area contributed by atoms with Crippen LogP contribution < -0.4 is 20.1 Å². The van der Waals surface area contributed by atoms with Gasteiger partial charge in [-0.2, -0.15) is 0 Å². The van der Waals surface area contributed by atoms with Crippen molar-refractivity contribution in [2.24, 2.45) is 0 Å². The summed E-state index contributed by atoms with van der Waals surface area (Å²) in [5.41, 5.74) is 1.79. The zero-order valence-corrected chi connectivity index (χ0v) is 16.1. The molecule has 2 rings (SSSR count). The first-order valence-corrected chi connectivity index (χ1v) is 8.78. The third kappa shape index (κ3) is 5.74. The maximum atomic E-state index is 12.6. The van der Waals surface area contributed by atoms with E-state index in [1.165, 1.54) is 6.92 Å². The van der Waals surface area contributed by atoms with E-state index in [4.69, 9.17) is 9.47 Å². The van der Waals surface area contributed by atoms with Gasteiger partial charge in [0.1, 0.15) is 0 Å². The summed E-state index contributed by atoms with van der Waals surface area (Å²) in [6, 6.07) is 14.4. The van der Waals surface area contributed by atoms with Crippen LogP contribution in [0.3, 0.4) is 0 Å². The lowest BCUT2D eigenvalue weighted by molar-refractivity contribution is -0.123. The van der Waals surface area contributed by atoms with Gasteiger partial charge in [-0.1, -0.05) is 36.4 Å². The molecule has 6 heteroatoms. The molecule has 0 aliphatic rings. The fourth-order valence-corrected chi connectivity index (χ4v) is 2.87. The Morgan fingerprint density at radius 2 is 1.59 bits per heavy atom. The number of benzene rings is 2. The number of carbonyl (C=O) groups is 2. The van der Waals surface area contributed by atoms with Crippen molar-refractivity contribution in [3.05, 3.63) is 59.7 Å². The first-order chi connectivity index (χ1) is 12.9. The van der Waals surface area contributed by atoms with E-state index in [1.807, 2.05) is 49.4 Å². The number of nitrogens with one attached hydrogen (secondary N) is 2. The van der Waals surface area contributed by atoms with Gasteiger partial charge in [0.25, 0.3) is 0 Å². The van der Waals surface area contributed by atoms with Crippen molar-refractivity contribution in [2.45, 2.75) is 32.4 Å². The molecule has 0 aliphatic heterocycles. The largest absolute Gasteiger partial charge is 0.493 e. The highest BCUT2D eigenvalue weighted by Crippen LogP contribution is 2.30. The van der Waals surface area contributed by atoms with E-state index in [1.54, 1.807) is 20.3 Å². The Balaban J connectivity index is 2.07. The fraction of sp³-hybridized carbons (Fsp3) is 0.333. The van der Waals surface area contributed by atoms with Gasteiger partial charge in [0.05, 0.1) is 32.7 Å². The molecule has 2 atom stereocenters. The normalized spacial score (nSPS) is 12.6. The molecule has 0 radical (unpaired) electrons. The lowest BCUT2D eigenvalue weighted by Crippen LogP contribution is -2.33. The van der Waals surface area contributed by atoms with Crippen molar-refractivity contribution < 1.29 is 19.1 Å². The summed E-state index contributed by atoms with van der Waals surface area (Å²) < 4.78 is 10.6. The van der Waals surface area contributed by atoms with E-state index in [0.29, 0.717) is 11.5 Å². The Bertz CT molecular complexity index is 777.